The van der Waals surface area contributed by atoms with Crippen LogP contribution < -0.4 is 0 Å². The number of amides is 1. The zero-order chi connectivity index (χ0) is 10.1. The van der Waals surface area contributed by atoms with E-state index in [-0.39, 0.29) is 31.2 Å². The van der Waals surface area contributed by atoms with Crippen molar-refractivity contribution in [3.63, 3.8) is 0 Å². The van der Waals surface area contributed by atoms with Gasteiger partial charge in [0.2, 0.25) is 0 Å². The Balaban J connectivity index is 0.00000169. The van der Waals surface area contributed by atoms with Crippen LogP contribution in [-0.2, 0) is 24.2 Å². The van der Waals surface area contributed by atoms with Crippen molar-refractivity contribution < 1.29 is 29.0 Å². The Morgan fingerprint density at radius 3 is 2.43 bits per heavy atom. The molecular weight excluding hydrogens is 346 g/mol. The maximum Gasteiger partial charge on any atom is 0.410 e. The molecule has 1 unspecified atom stereocenters. The minimum Gasteiger partial charge on any atom is -0.444 e. The second kappa shape index (κ2) is 5.64. The van der Waals surface area contributed by atoms with E-state index in [1.807, 2.05) is 20.8 Å². The minimum absolute atomic E-state index is 0. The number of nitrogens with zero attached hydrogens (tertiary/aromatic N) is 1. The minimum atomic E-state index is -0.375. The number of halogens is 1. The summed E-state index contributed by atoms with van der Waals surface area (Å²) in [4.78, 5) is 13.3. The van der Waals surface area contributed by atoms with Crippen LogP contribution in [0.15, 0.2) is 0 Å². The zero-order valence-corrected chi connectivity index (χ0v) is 14.2. The van der Waals surface area contributed by atoms with Gasteiger partial charge in [0.25, 0.3) is 0 Å². The van der Waals surface area contributed by atoms with E-state index in [0.717, 1.165) is 19.5 Å². The SMILES string of the molecule is CC(C)(C)OC(=O)N1CCC(I)C1.[Zn]. The van der Waals surface area contributed by atoms with Crippen LogP contribution in [-0.4, -0.2) is 33.6 Å². The summed E-state index contributed by atoms with van der Waals surface area (Å²) in [5.41, 5.74) is -0.375. The summed E-state index contributed by atoms with van der Waals surface area (Å²) in [6.45, 7) is 7.34. The number of carbonyl (C=O) groups is 1. The second-order valence-corrected chi connectivity index (χ2v) is 6.07. The molecule has 1 aliphatic rings. The van der Waals surface area contributed by atoms with E-state index in [1.54, 1.807) is 4.90 Å². The van der Waals surface area contributed by atoms with Crippen LogP contribution in [0.3, 0.4) is 0 Å². The fraction of sp³-hybridized carbons (Fsp3) is 0.889. The number of likely N-dealkylation sites (tertiary alicyclic amines) is 1. The maximum absolute atomic E-state index is 11.5. The van der Waals surface area contributed by atoms with Crippen molar-refractivity contribution >= 4 is 28.7 Å². The second-order valence-electron chi connectivity index (χ2n) is 4.31. The molecule has 1 aliphatic heterocycles. The van der Waals surface area contributed by atoms with Gasteiger partial charge in [0.1, 0.15) is 5.60 Å². The number of ether oxygens (including phenoxy) is 1. The summed E-state index contributed by atoms with van der Waals surface area (Å²) in [6.07, 6.45) is 0.909. The molecule has 14 heavy (non-hydrogen) atoms. The summed E-state index contributed by atoms with van der Waals surface area (Å²) >= 11 is 2.37. The quantitative estimate of drug-likeness (QED) is 0.376. The van der Waals surface area contributed by atoms with E-state index in [9.17, 15) is 4.79 Å². The van der Waals surface area contributed by atoms with Gasteiger partial charge in [0.15, 0.2) is 0 Å². The zero-order valence-electron chi connectivity index (χ0n) is 9.05. The number of hydrogen-bond acceptors (Lipinski definition) is 2. The van der Waals surface area contributed by atoms with Crippen LogP contribution in [0.5, 0.6) is 0 Å². The number of rotatable bonds is 0. The van der Waals surface area contributed by atoms with Crippen molar-refractivity contribution in [2.24, 2.45) is 0 Å². The summed E-state index contributed by atoms with van der Waals surface area (Å²) in [6, 6.07) is 0. The van der Waals surface area contributed by atoms with Gasteiger partial charge >= 0.3 is 6.09 Å². The van der Waals surface area contributed by atoms with E-state index in [4.69, 9.17) is 4.74 Å². The molecule has 0 aromatic rings. The van der Waals surface area contributed by atoms with Crippen LogP contribution in [0.4, 0.5) is 4.79 Å². The predicted molar refractivity (Wildman–Crippen MR) is 60.2 cm³/mol. The fourth-order valence-electron chi connectivity index (χ4n) is 1.21. The first-order valence-electron chi connectivity index (χ1n) is 4.50. The molecule has 0 spiro atoms. The Bertz CT molecular complexity index is 205. The Morgan fingerprint density at radius 1 is 1.50 bits per heavy atom. The van der Waals surface area contributed by atoms with Gasteiger partial charge in [-0.05, 0) is 27.2 Å². The van der Waals surface area contributed by atoms with E-state index >= 15 is 0 Å². The maximum atomic E-state index is 11.5. The predicted octanol–water partition coefficient (Wildman–Crippen LogP) is 2.43. The third-order valence-corrected chi connectivity index (χ3v) is 2.80. The van der Waals surface area contributed by atoms with Gasteiger partial charge < -0.3 is 9.64 Å². The molecule has 5 heteroatoms. The molecule has 0 N–H and O–H groups in total. The Kier molecular flexibility index (Phi) is 5.89. The largest absolute Gasteiger partial charge is 0.444 e. The molecule has 1 rings (SSSR count). The van der Waals surface area contributed by atoms with E-state index in [2.05, 4.69) is 22.6 Å². The molecule has 1 atom stereocenters. The van der Waals surface area contributed by atoms with Crippen molar-refractivity contribution in [2.75, 3.05) is 13.1 Å². The van der Waals surface area contributed by atoms with Gasteiger partial charge in [-0.25, -0.2) is 4.79 Å². The normalized spacial score (nSPS) is 21.7. The first-order chi connectivity index (χ1) is 5.88. The van der Waals surface area contributed by atoms with Crippen LogP contribution >= 0.6 is 22.6 Å². The van der Waals surface area contributed by atoms with Crippen molar-refractivity contribution in [2.45, 2.75) is 36.7 Å². The summed E-state index contributed by atoms with van der Waals surface area (Å²) in [5, 5.41) is 0. The van der Waals surface area contributed by atoms with Gasteiger partial charge in [-0.3, -0.25) is 0 Å². The molecular formula is C9H16INO2Zn. The molecule has 1 amide bonds. The Labute approximate surface area is 112 Å². The molecule has 78 valence electrons. The average molecular weight is 363 g/mol. The smallest absolute Gasteiger partial charge is 0.410 e. The fourth-order valence-corrected chi connectivity index (χ4v) is 1.96. The topological polar surface area (TPSA) is 29.5 Å². The summed E-state index contributed by atoms with van der Waals surface area (Å²) in [5.74, 6) is 0. The number of carbonyl (C=O) groups excluding carboxylic acids is 1. The van der Waals surface area contributed by atoms with E-state index in [0.29, 0.717) is 3.92 Å². The van der Waals surface area contributed by atoms with Gasteiger partial charge in [-0.2, -0.15) is 0 Å². The van der Waals surface area contributed by atoms with Crippen molar-refractivity contribution in [3.05, 3.63) is 0 Å². The molecule has 0 bridgehead atoms. The number of hydrogen-bond donors (Lipinski definition) is 0. The van der Waals surface area contributed by atoms with Crippen molar-refractivity contribution in [1.29, 1.82) is 0 Å². The van der Waals surface area contributed by atoms with Gasteiger partial charge in [-0.1, -0.05) is 22.6 Å². The molecule has 1 fully saturated rings. The van der Waals surface area contributed by atoms with Crippen molar-refractivity contribution in [3.8, 4) is 0 Å². The molecule has 0 aromatic carbocycles. The monoisotopic (exact) mass is 361 g/mol. The standard InChI is InChI=1S/C9H16INO2.Zn/c1-9(2,3)13-8(12)11-5-4-7(10)6-11;/h7H,4-6H2,1-3H3;. The van der Waals surface area contributed by atoms with E-state index in [1.165, 1.54) is 0 Å². The van der Waals surface area contributed by atoms with Crippen LogP contribution in [0, 0.1) is 0 Å². The summed E-state index contributed by atoms with van der Waals surface area (Å²) in [7, 11) is 0. The molecule has 1 saturated heterocycles. The van der Waals surface area contributed by atoms with Crippen LogP contribution in [0.2, 0.25) is 0 Å². The molecule has 0 radical (unpaired) electrons. The Morgan fingerprint density at radius 2 is 2.07 bits per heavy atom. The van der Waals surface area contributed by atoms with Crippen molar-refractivity contribution in [1.82, 2.24) is 4.90 Å². The first kappa shape index (κ1) is 14.6. The first-order valence-corrected chi connectivity index (χ1v) is 5.75. The number of alkyl halides is 1. The summed E-state index contributed by atoms with van der Waals surface area (Å²) < 4.78 is 5.84. The third kappa shape index (κ3) is 4.92. The van der Waals surface area contributed by atoms with Crippen LogP contribution in [0.25, 0.3) is 0 Å². The molecule has 0 aromatic heterocycles. The molecule has 0 saturated carbocycles. The third-order valence-electron chi connectivity index (χ3n) is 1.78. The Hall–Kier alpha value is 0.623. The molecule has 3 nitrogen and oxygen atoms in total. The van der Waals surface area contributed by atoms with Gasteiger partial charge in [0, 0.05) is 36.5 Å². The average Bonchev–Trinajstić information content (AvgIpc) is 2.31. The van der Waals surface area contributed by atoms with Gasteiger partial charge in [0.05, 0.1) is 0 Å². The molecule has 0 aliphatic carbocycles. The molecule has 1 heterocycles. The van der Waals surface area contributed by atoms with E-state index < -0.39 is 0 Å². The van der Waals surface area contributed by atoms with Crippen LogP contribution in [0.1, 0.15) is 27.2 Å². The van der Waals surface area contributed by atoms with Gasteiger partial charge in [-0.15, -0.1) is 0 Å².